The van der Waals surface area contributed by atoms with Gasteiger partial charge in [0.25, 0.3) is 0 Å². The fourth-order valence-corrected chi connectivity index (χ4v) is 2.58. The van der Waals surface area contributed by atoms with E-state index in [1.54, 1.807) is 6.07 Å². The summed E-state index contributed by atoms with van der Waals surface area (Å²) in [5.74, 6) is -0.0762. The van der Waals surface area contributed by atoms with Gasteiger partial charge in [-0.05, 0) is 17.5 Å². The molecule has 1 nitrogen and oxygen atoms in total. The van der Waals surface area contributed by atoms with Crippen molar-refractivity contribution in [3.63, 3.8) is 0 Å². The van der Waals surface area contributed by atoms with Gasteiger partial charge in [0.1, 0.15) is 5.82 Å². The lowest BCUT2D eigenvalue weighted by atomic mass is 10.2. The molecule has 0 amide bonds. The molecule has 0 bridgehead atoms. The van der Waals surface area contributed by atoms with Crippen molar-refractivity contribution in [2.75, 3.05) is 5.73 Å². The highest BCUT2D eigenvalue weighted by Gasteiger charge is 2.08. The molecule has 68 valence electrons. The van der Waals surface area contributed by atoms with E-state index in [4.69, 9.17) is 17.3 Å². The Morgan fingerprint density at radius 3 is 2.92 bits per heavy atom. The predicted molar refractivity (Wildman–Crippen MR) is 55.8 cm³/mol. The highest BCUT2D eigenvalue weighted by Crippen LogP contribution is 2.32. The Balaban J connectivity index is 2.82. The number of alkyl halides is 1. The van der Waals surface area contributed by atoms with Crippen molar-refractivity contribution in [2.45, 2.75) is 5.88 Å². The molecule has 1 aromatic carbocycles. The second-order valence-corrected chi connectivity index (χ2v) is 4.08. The largest absolute Gasteiger partial charge is 0.391 e. The Morgan fingerprint density at radius 1 is 1.46 bits per heavy atom. The van der Waals surface area contributed by atoms with Crippen molar-refractivity contribution < 1.29 is 4.39 Å². The topological polar surface area (TPSA) is 26.0 Å². The van der Waals surface area contributed by atoms with Gasteiger partial charge in [0.05, 0.1) is 10.9 Å². The van der Waals surface area contributed by atoms with Gasteiger partial charge in [-0.25, -0.2) is 4.39 Å². The number of thiophene rings is 1. The molecule has 0 spiro atoms. The summed E-state index contributed by atoms with van der Waals surface area (Å²) in [5.41, 5.74) is 6.16. The molecule has 4 heteroatoms. The summed E-state index contributed by atoms with van der Waals surface area (Å²) in [6.45, 7) is 0. The fraction of sp³-hybridized carbons (Fsp3) is 0.111. The monoisotopic (exact) mass is 215 g/mol. The lowest BCUT2D eigenvalue weighted by Gasteiger charge is -1.98. The number of hydrogen-bond acceptors (Lipinski definition) is 2. The Labute approximate surface area is 83.9 Å². The second kappa shape index (κ2) is 3.16. The first-order chi connectivity index (χ1) is 6.22. The van der Waals surface area contributed by atoms with E-state index in [1.807, 2.05) is 6.07 Å². The molecular formula is C9H7ClFNS. The number of hydrogen-bond donors (Lipinski definition) is 1. The van der Waals surface area contributed by atoms with Crippen LogP contribution in [0, 0.1) is 5.82 Å². The molecule has 0 saturated carbocycles. The summed E-state index contributed by atoms with van der Waals surface area (Å²) in [6.07, 6.45) is 0. The molecule has 1 heterocycles. The van der Waals surface area contributed by atoms with E-state index >= 15 is 0 Å². The summed E-state index contributed by atoms with van der Waals surface area (Å²) < 4.78 is 14.1. The molecule has 1 aromatic heterocycles. The summed E-state index contributed by atoms with van der Waals surface area (Å²) >= 11 is 7.02. The average Bonchev–Trinajstić information content (AvgIpc) is 2.45. The van der Waals surface area contributed by atoms with Crippen LogP contribution in [0.4, 0.5) is 9.39 Å². The molecule has 0 aliphatic rings. The van der Waals surface area contributed by atoms with Crippen LogP contribution in [0.3, 0.4) is 0 Å². The van der Waals surface area contributed by atoms with Crippen LogP contribution in [0.2, 0.25) is 0 Å². The molecule has 2 rings (SSSR count). The summed E-state index contributed by atoms with van der Waals surface area (Å²) in [5, 5.41) is 1.64. The first-order valence-corrected chi connectivity index (χ1v) is 5.10. The lowest BCUT2D eigenvalue weighted by Crippen LogP contribution is -1.84. The summed E-state index contributed by atoms with van der Waals surface area (Å²) in [7, 11) is 0. The highest BCUT2D eigenvalue weighted by molar-refractivity contribution is 7.22. The van der Waals surface area contributed by atoms with Crippen LogP contribution in [0.15, 0.2) is 18.2 Å². The average molecular weight is 216 g/mol. The summed E-state index contributed by atoms with van der Waals surface area (Å²) in [4.78, 5) is 0. The van der Waals surface area contributed by atoms with Gasteiger partial charge >= 0.3 is 0 Å². The van der Waals surface area contributed by atoms with Crippen LogP contribution in [0.5, 0.6) is 0 Å². The molecule has 0 unspecified atom stereocenters. The quantitative estimate of drug-likeness (QED) is 0.726. The molecule has 0 saturated heterocycles. The SMILES string of the molecule is Nc1cc2ccc(F)c(CCl)c2s1. The minimum Gasteiger partial charge on any atom is -0.391 e. The summed E-state index contributed by atoms with van der Waals surface area (Å²) in [6, 6.07) is 4.97. The third-order valence-corrected chi connectivity index (χ3v) is 3.19. The third-order valence-electron chi connectivity index (χ3n) is 1.89. The molecule has 0 aliphatic heterocycles. The maximum atomic E-state index is 13.2. The Morgan fingerprint density at radius 2 is 2.23 bits per heavy atom. The van der Waals surface area contributed by atoms with Gasteiger partial charge in [0, 0.05) is 10.3 Å². The van der Waals surface area contributed by atoms with Gasteiger partial charge in [-0.1, -0.05) is 6.07 Å². The Bertz CT molecular complexity index is 452. The van der Waals surface area contributed by atoms with E-state index in [-0.39, 0.29) is 11.7 Å². The van der Waals surface area contributed by atoms with Crippen molar-refractivity contribution in [1.82, 2.24) is 0 Å². The number of benzene rings is 1. The molecule has 0 aliphatic carbocycles. The van der Waals surface area contributed by atoms with Gasteiger partial charge < -0.3 is 5.73 Å². The molecule has 2 N–H and O–H groups in total. The number of nitrogen functional groups attached to an aromatic ring is 1. The first-order valence-electron chi connectivity index (χ1n) is 3.74. The number of anilines is 1. The Hall–Kier alpha value is -0.800. The normalized spacial score (nSPS) is 10.9. The van der Waals surface area contributed by atoms with Crippen LogP contribution in [0.1, 0.15) is 5.56 Å². The lowest BCUT2D eigenvalue weighted by molar-refractivity contribution is 0.620. The van der Waals surface area contributed by atoms with E-state index in [9.17, 15) is 4.39 Å². The van der Waals surface area contributed by atoms with Crippen LogP contribution in [-0.2, 0) is 5.88 Å². The standard InChI is InChI=1S/C9H7ClFNS/c10-4-6-7(11)2-1-5-3-8(12)13-9(5)6/h1-3H,4,12H2. The van der Waals surface area contributed by atoms with Crippen LogP contribution >= 0.6 is 22.9 Å². The van der Waals surface area contributed by atoms with Crippen molar-refractivity contribution >= 4 is 38.0 Å². The number of fused-ring (bicyclic) bond motifs is 1. The van der Waals surface area contributed by atoms with Crippen molar-refractivity contribution in [1.29, 1.82) is 0 Å². The minimum atomic E-state index is -0.260. The molecular weight excluding hydrogens is 209 g/mol. The second-order valence-electron chi connectivity index (χ2n) is 2.73. The van der Waals surface area contributed by atoms with Gasteiger partial charge in [-0.3, -0.25) is 0 Å². The van der Waals surface area contributed by atoms with Crippen LogP contribution < -0.4 is 5.73 Å². The van der Waals surface area contributed by atoms with Crippen molar-refractivity contribution in [3.05, 3.63) is 29.6 Å². The van der Waals surface area contributed by atoms with E-state index in [1.165, 1.54) is 17.4 Å². The maximum absolute atomic E-state index is 13.2. The van der Waals surface area contributed by atoms with Crippen LogP contribution in [-0.4, -0.2) is 0 Å². The van der Waals surface area contributed by atoms with Gasteiger partial charge in [-0.15, -0.1) is 22.9 Å². The number of halogens is 2. The zero-order valence-electron chi connectivity index (χ0n) is 6.68. The fourth-order valence-electron chi connectivity index (χ4n) is 1.28. The smallest absolute Gasteiger partial charge is 0.129 e. The number of nitrogens with two attached hydrogens (primary N) is 1. The van der Waals surface area contributed by atoms with Gasteiger partial charge in [0.15, 0.2) is 0 Å². The van der Waals surface area contributed by atoms with E-state index in [0.29, 0.717) is 10.6 Å². The zero-order valence-corrected chi connectivity index (χ0v) is 8.25. The predicted octanol–water partition coefficient (Wildman–Crippen LogP) is 3.36. The molecule has 0 atom stereocenters. The number of rotatable bonds is 1. The minimum absolute atomic E-state index is 0.184. The molecule has 2 aromatic rings. The molecule has 13 heavy (non-hydrogen) atoms. The van der Waals surface area contributed by atoms with Gasteiger partial charge in [-0.2, -0.15) is 0 Å². The van der Waals surface area contributed by atoms with Crippen molar-refractivity contribution in [2.24, 2.45) is 0 Å². The zero-order chi connectivity index (χ0) is 9.42. The maximum Gasteiger partial charge on any atom is 0.129 e. The van der Waals surface area contributed by atoms with E-state index in [2.05, 4.69) is 0 Å². The molecule has 0 radical (unpaired) electrons. The third kappa shape index (κ3) is 1.38. The highest BCUT2D eigenvalue weighted by atomic mass is 35.5. The van der Waals surface area contributed by atoms with Crippen LogP contribution in [0.25, 0.3) is 10.1 Å². The van der Waals surface area contributed by atoms with E-state index in [0.717, 1.165) is 10.1 Å². The van der Waals surface area contributed by atoms with E-state index < -0.39 is 0 Å². The van der Waals surface area contributed by atoms with Crippen molar-refractivity contribution in [3.8, 4) is 0 Å². The first kappa shape index (κ1) is 8.78. The Kier molecular flexibility index (Phi) is 2.14. The molecule has 0 fully saturated rings. The van der Waals surface area contributed by atoms with Gasteiger partial charge in [0.2, 0.25) is 0 Å².